The van der Waals surface area contributed by atoms with Gasteiger partial charge in [-0.3, -0.25) is 4.79 Å². The molecule has 0 saturated carbocycles. The molecule has 0 fully saturated rings. The normalized spacial score (nSPS) is 12.1. The molecule has 0 aliphatic rings. The van der Waals surface area contributed by atoms with E-state index in [2.05, 4.69) is 10.6 Å². The molecule has 1 rings (SSSR count). The molecule has 94 valence electrons. The summed E-state index contributed by atoms with van der Waals surface area (Å²) in [7, 11) is 1.86. The van der Waals surface area contributed by atoms with E-state index in [-0.39, 0.29) is 18.6 Å². The number of carbonyl (C=O) groups is 1. The van der Waals surface area contributed by atoms with Crippen molar-refractivity contribution in [2.24, 2.45) is 0 Å². The molecule has 1 aromatic carbocycles. The number of nitrogens with one attached hydrogen (secondary N) is 2. The van der Waals surface area contributed by atoms with E-state index in [0.29, 0.717) is 13.2 Å². The number of hydrogen-bond acceptors (Lipinski definition) is 3. The Balaban J connectivity index is 2.12. The number of carbonyl (C=O) groups excluding carboxylic acids is 1. The fraction of sp³-hybridized carbons (Fsp3) is 0.462. The molecule has 1 unspecified atom stereocenters. The molecule has 0 aromatic heterocycles. The minimum atomic E-state index is -0.0805. The van der Waals surface area contributed by atoms with Crippen LogP contribution in [0.4, 0.5) is 0 Å². The summed E-state index contributed by atoms with van der Waals surface area (Å²) < 4.78 is 5.31. The summed E-state index contributed by atoms with van der Waals surface area (Å²) in [6.45, 7) is 3.19. The van der Waals surface area contributed by atoms with Crippen LogP contribution in [0.1, 0.15) is 12.5 Å². The average molecular weight is 236 g/mol. The maximum atomic E-state index is 11.4. The second-order valence-electron chi connectivity index (χ2n) is 3.97. The number of hydrogen-bond donors (Lipinski definition) is 2. The van der Waals surface area contributed by atoms with Crippen LogP contribution >= 0.6 is 0 Å². The lowest BCUT2D eigenvalue weighted by Crippen LogP contribution is -2.38. The van der Waals surface area contributed by atoms with Crippen molar-refractivity contribution in [3.8, 4) is 0 Å². The van der Waals surface area contributed by atoms with Gasteiger partial charge in [-0.1, -0.05) is 30.3 Å². The van der Waals surface area contributed by atoms with Crippen molar-refractivity contribution in [2.45, 2.75) is 19.6 Å². The molecular formula is C13H20N2O2. The molecule has 0 heterocycles. The molecule has 0 bridgehead atoms. The van der Waals surface area contributed by atoms with E-state index in [4.69, 9.17) is 4.74 Å². The molecule has 0 saturated heterocycles. The molecule has 2 N–H and O–H groups in total. The van der Waals surface area contributed by atoms with Crippen LogP contribution in [0.3, 0.4) is 0 Å². The summed E-state index contributed by atoms with van der Waals surface area (Å²) in [5.41, 5.74) is 1.07. The molecule has 0 spiro atoms. The molecular weight excluding hydrogens is 216 g/mol. The van der Waals surface area contributed by atoms with Crippen LogP contribution in [0.5, 0.6) is 0 Å². The Hall–Kier alpha value is -1.39. The zero-order chi connectivity index (χ0) is 12.5. The van der Waals surface area contributed by atoms with Gasteiger partial charge in [-0.2, -0.15) is 0 Å². The van der Waals surface area contributed by atoms with Gasteiger partial charge >= 0.3 is 0 Å². The summed E-state index contributed by atoms with van der Waals surface area (Å²) in [5.74, 6) is -0.0805. The molecule has 0 aliphatic heterocycles. The largest absolute Gasteiger partial charge is 0.367 e. The summed E-state index contributed by atoms with van der Waals surface area (Å²) in [4.78, 5) is 11.4. The van der Waals surface area contributed by atoms with Crippen LogP contribution in [0, 0.1) is 0 Å². The minimum absolute atomic E-state index is 0.0805. The van der Waals surface area contributed by atoms with Crippen LogP contribution in [-0.4, -0.2) is 32.1 Å². The smallest absolute Gasteiger partial charge is 0.246 e. The highest BCUT2D eigenvalue weighted by atomic mass is 16.5. The molecule has 0 aliphatic carbocycles. The maximum Gasteiger partial charge on any atom is 0.246 e. The van der Waals surface area contributed by atoms with E-state index < -0.39 is 0 Å². The van der Waals surface area contributed by atoms with Crippen molar-refractivity contribution in [2.75, 3.05) is 20.2 Å². The fourth-order valence-electron chi connectivity index (χ4n) is 1.26. The van der Waals surface area contributed by atoms with Gasteiger partial charge in [0.15, 0.2) is 0 Å². The number of ether oxygens (including phenoxy) is 1. The Morgan fingerprint density at radius 1 is 1.35 bits per heavy atom. The average Bonchev–Trinajstić information content (AvgIpc) is 2.37. The van der Waals surface area contributed by atoms with Gasteiger partial charge in [-0.25, -0.2) is 0 Å². The van der Waals surface area contributed by atoms with Gasteiger partial charge in [0.05, 0.1) is 6.61 Å². The first-order valence-corrected chi connectivity index (χ1v) is 5.78. The van der Waals surface area contributed by atoms with Crippen molar-refractivity contribution >= 4 is 5.91 Å². The summed E-state index contributed by atoms with van der Waals surface area (Å²) in [6, 6.07) is 10.1. The number of likely N-dealkylation sites (N-methyl/N-ethyl adjacent to an activating group) is 1. The molecule has 17 heavy (non-hydrogen) atoms. The third-order valence-electron chi connectivity index (χ3n) is 2.44. The van der Waals surface area contributed by atoms with Gasteiger partial charge in [0.1, 0.15) is 6.61 Å². The van der Waals surface area contributed by atoms with Crippen LogP contribution in [0.2, 0.25) is 0 Å². The van der Waals surface area contributed by atoms with Crippen LogP contribution < -0.4 is 10.6 Å². The highest BCUT2D eigenvalue weighted by Crippen LogP contribution is 1.99. The lowest BCUT2D eigenvalue weighted by molar-refractivity contribution is -0.126. The van der Waals surface area contributed by atoms with Gasteiger partial charge in [-0.05, 0) is 19.5 Å². The van der Waals surface area contributed by atoms with E-state index in [1.54, 1.807) is 0 Å². The first-order chi connectivity index (χ1) is 8.22. The summed E-state index contributed by atoms with van der Waals surface area (Å²) in [6.07, 6.45) is 0. The van der Waals surface area contributed by atoms with Gasteiger partial charge in [0.2, 0.25) is 5.91 Å². The van der Waals surface area contributed by atoms with E-state index in [1.165, 1.54) is 0 Å². The van der Waals surface area contributed by atoms with Gasteiger partial charge in [0, 0.05) is 12.6 Å². The van der Waals surface area contributed by atoms with Crippen molar-refractivity contribution in [3.05, 3.63) is 35.9 Å². The van der Waals surface area contributed by atoms with Gasteiger partial charge < -0.3 is 15.4 Å². The molecule has 1 aromatic rings. The number of benzene rings is 1. The second kappa shape index (κ2) is 7.81. The first kappa shape index (κ1) is 13.7. The van der Waals surface area contributed by atoms with Crippen molar-refractivity contribution in [1.29, 1.82) is 0 Å². The van der Waals surface area contributed by atoms with Crippen molar-refractivity contribution in [3.63, 3.8) is 0 Å². The molecule has 1 amide bonds. The first-order valence-electron chi connectivity index (χ1n) is 5.78. The zero-order valence-electron chi connectivity index (χ0n) is 10.4. The minimum Gasteiger partial charge on any atom is -0.367 e. The lowest BCUT2D eigenvalue weighted by atomic mass is 10.2. The second-order valence-corrected chi connectivity index (χ2v) is 3.97. The van der Waals surface area contributed by atoms with Gasteiger partial charge in [-0.15, -0.1) is 0 Å². The van der Waals surface area contributed by atoms with E-state index >= 15 is 0 Å². The predicted molar refractivity (Wildman–Crippen MR) is 67.6 cm³/mol. The van der Waals surface area contributed by atoms with E-state index in [9.17, 15) is 4.79 Å². The van der Waals surface area contributed by atoms with E-state index in [1.807, 2.05) is 44.3 Å². The summed E-state index contributed by atoms with van der Waals surface area (Å²) in [5, 5.41) is 5.84. The molecule has 0 radical (unpaired) electrons. The van der Waals surface area contributed by atoms with Crippen LogP contribution in [0.15, 0.2) is 30.3 Å². The fourth-order valence-corrected chi connectivity index (χ4v) is 1.26. The van der Waals surface area contributed by atoms with E-state index in [0.717, 1.165) is 5.56 Å². The highest BCUT2D eigenvalue weighted by molar-refractivity contribution is 5.77. The van der Waals surface area contributed by atoms with Gasteiger partial charge in [0.25, 0.3) is 0 Å². The maximum absolute atomic E-state index is 11.4. The summed E-state index contributed by atoms with van der Waals surface area (Å²) >= 11 is 0. The Kier molecular flexibility index (Phi) is 6.29. The quantitative estimate of drug-likeness (QED) is 0.740. The molecule has 4 nitrogen and oxygen atoms in total. The standard InChI is InChI=1S/C13H20N2O2/c1-11(14-2)8-15-13(16)10-17-9-12-6-4-3-5-7-12/h3-7,11,14H,8-10H2,1-2H3,(H,15,16). The SMILES string of the molecule is CNC(C)CNC(=O)COCc1ccccc1. The van der Waals surface area contributed by atoms with Crippen LogP contribution in [0.25, 0.3) is 0 Å². The number of amides is 1. The number of rotatable bonds is 7. The Labute approximate surface area is 102 Å². The third kappa shape index (κ3) is 6.04. The van der Waals surface area contributed by atoms with Crippen molar-refractivity contribution < 1.29 is 9.53 Å². The molecule has 4 heteroatoms. The zero-order valence-corrected chi connectivity index (χ0v) is 10.4. The monoisotopic (exact) mass is 236 g/mol. The third-order valence-corrected chi connectivity index (χ3v) is 2.44. The Bertz CT molecular complexity index is 327. The Morgan fingerprint density at radius 2 is 2.06 bits per heavy atom. The van der Waals surface area contributed by atoms with Crippen LogP contribution in [-0.2, 0) is 16.1 Å². The van der Waals surface area contributed by atoms with Crippen molar-refractivity contribution in [1.82, 2.24) is 10.6 Å². The molecule has 1 atom stereocenters. The highest BCUT2D eigenvalue weighted by Gasteiger charge is 2.03. The predicted octanol–water partition coefficient (Wildman–Crippen LogP) is 0.927. The lowest BCUT2D eigenvalue weighted by Gasteiger charge is -2.11. The Morgan fingerprint density at radius 3 is 2.71 bits per heavy atom. The topological polar surface area (TPSA) is 50.4 Å².